The molecule has 1 fully saturated rings. The summed E-state index contributed by atoms with van der Waals surface area (Å²) in [6.45, 7) is 4.43. The van der Waals surface area contributed by atoms with E-state index >= 15 is 0 Å². The molecule has 80 valence electrons. The van der Waals surface area contributed by atoms with E-state index in [-0.39, 0.29) is 0 Å². The molecule has 2 aliphatic rings. The van der Waals surface area contributed by atoms with Gasteiger partial charge in [0.15, 0.2) is 0 Å². The fourth-order valence-corrected chi connectivity index (χ4v) is 3.39. The molecule has 1 aromatic rings. The van der Waals surface area contributed by atoms with Crippen LogP contribution in [0, 0.1) is 6.92 Å². The largest absolute Gasteiger partial charge is 0.381 e. The Morgan fingerprint density at radius 1 is 1.40 bits per heavy atom. The van der Waals surface area contributed by atoms with Crippen LogP contribution < -0.4 is 10.6 Å². The first-order valence-corrected chi connectivity index (χ1v) is 6.32. The molecule has 3 heteroatoms. The van der Waals surface area contributed by atoms with E-state index in [0.717, 1.165) is 13.1 Å². The third kappa shape index (κ3) is 1.49. The maximum Gasteiger partial charge on any atom is 0.0409 e. The van der Waals surface area contributed by atoms with Gasteiger partial charge in [0.25, 0.3) is 0 Å². The van der Waals surface area contributed by atoms with Gasteiger partial charge < -0.3 is 10.6 Å². The molecular weight excluding hydrogens is 252 g/mol. The second kappa shape index (κ2) is 3.49. The molecule has 0 saturated carbocycles. The first-order chi connectivity index (χ1) is 7.25. The smallest absolute Gasteiger partial charge is 0.0409 e. The zero-order chi connectivity index (χ0) is 10.4. The minimum absolute atomic E-state index is 0.647. The first kappa shape index (κ1) is 9.67. The average Bonchev–Trinajstić information content (AvgIpc) is 2.57. The number of piperidine rings is 1. The van der Waals surface area contributed by atoms with Crippen molar-refractivity contribution in [3.8, 4) is 0 Å². The van der Waals surface area contributed by atoms with Gasteiger partial charge in [-0.3, -0.25) is 0 Å². The lowest BCUT2D eigenvalue weighted by atomic mass is 9.90. The molecule has 2 unspecified atom stereocenters. The molecule has 2 N–H and O–H groups in total. The quantitative estimate of drug-likeness (QED) is 0.755. The van der Waals surface area contributed by atoms with Crippen molar-refractivity contribution in [1.29, 1.82) is 0 Å². The summed E-state index contributed by atoms with van der Waals surface area (Å²) in [7, 11) is 0. The Morgan fingerprint density at radius 2 is 2.27 bits per heavy atom. The van der Waals surface area contributed by atoms with Crippen molar-refractivity contribution in [1.82, 2.24) is 5.32 Å². The van der Waals surface area contributed by atoms with E-state index in [2.05, 4.69) is 45.6 Å². The van der Waals surface area contributed by atoms with E-state index in [9.17, 15) is 0 Å². The third-order valence-electron chi connectivity index (χ3n) is 3.54. The van der Waals surface area contributed by atoms with Gasteiger partial charge in [0.2, 0.25) is 0 Å². The number of fused-ring (bicyclic) bond motifs is 3. The molecule has 15 heavy (non-hydrogen) atoms. The highest BCUT2D eigenvalue weighted by Crippen LogP contribution is 2.41. The van der Waals surface area contributed by atoms with Crippen molar-refractivity contribution in [2.75, 3.05) is 18.4 Å². The van der Waals surface area contributed by atoms with Crippen molar-refractivity contribution in [2.45, 2.75) is 25.3 Å². The van der Waals surface area contributed by atoms with Gasteiger partial charge in [0.1, 0.15) is 0 Å². The Labute approximate surface area is 98.6 Å². The topological polar surface area (TPSA) is 24.1 Å². The lowest BCUT2D eigenvalue weighted by Crippen LogP contribution is -2.38. The molecule has 2 heterocycles. The Bertz CT molecular complexity index is 403. The number of hydrogen-bond donors (Lipinski definition) is 2. The lowest BCUT2D eigenvalue weighted by molar-refractivity contribution is 0.440. The summed E-state index contributed by atoms with van der Waals surface area (Å²) >= 11 is 3.58. The maximum atomic E-state index is 3.67. The number of hydrogen-bond acceptors (Lipinski definition) is 2. The summed E-state index contributed by atoms with van der Waals surface area (Å²) in [6, 6.07) is 5.11. The van der Waals surface area contributed by atoms with Gasteiger partial charge in [-0.2, -0.15) is 0 Å². The van der Waals surface area contributed by atoms with Gasteiger partial charge >= 0.3 is 0 Å². The summed E-state index contributed by atoms with van der Waals surface area (Å²) in [5.41, 5.74) is 4.21. The Kier molecular flexibility index (Phi) is 2.25. The standard InChI is InChI=1S/C12H15BrN2/c1-7-4-8(13)5-9-10-6-14-3-2-11(10)15-12(7)9/h4-5,10-11,14-15H,2-3,6H2,1H3. The van der Waals surface area contributed by atoms with E-state index in [1.54, 1.807) is 0 Å². The lowest BCUT2D eigenvalue weighted by Gasteiger charge is -2.26. The molecule has 2 nitrogen and oxygen atoms in total. The minimum atomic E-state index is 0.647. The molecule has 0 aliphatic carbocycles. The minimum Gasteiger partial charge on any atom is -0.381 e. The van der Waals surface area contributed by atoms with Gasteiger partial charge in [-0.25, -0.2) is 0 Å². The van der Waals surface area contributed by atoms with E-state index in [1.165, 1.54) is 27.7 Å². The molecule has 2 aliphatic heterocycles. The van der Waals surface area contributed by atoms with Gasteiger partial charge in [-0.15, -0.1) is 0 Å². The normalized spacial score (nSPS) is 28.1. The van der Waals surface area contributed by atoms with Crippen LogP contribution in [0.25, 0.3) is 0 Å². The fourth-order valence-electron chi connectivity index (χ4n) is 2.80. The van der Waals surface area contributed by atoms with Crippen LogP contribution >= 0.6 is 15.9 Å². The molecule has 2 atom stereocenters. The SMILES string of the molecule is Cc1cc(Br)cc2c1NC1CCNCC21. The number of rotatable bonds is 0. The zero-order valence-electron chi connectivity index (χ0n) is 8.81. The molecule has 0 spiro atoms. The second-order valence-corrected chi connectivity index (χ2v) is 5.45. The maximum absolute atomic E-state index is 3.67. The summed E-state index contributed by atoms with van der Waals surface area (Å²) in [5.74, 6) is 0.657. The first-order valence-electron chi connectivity index (χ1n) is 5.53. The fraction of sp³-hybridized carbons (Fsp3) is 0.500. The van der Waals surface area contributed by atoms with Gasteiger partial charge in [-0.05, 0) is 43.1 Å². The third-order valence-corrected chi connectivity index (χ3v) is 4.00. The van der Waals surface area contributed by atoms with E-state index in [1.807, 2.05) is 0 Å². The Balaban J connectivity index is 2.08. The van der Waals surface area contributed by atoms with Crippen molar-refractivity contribution in [3.05, 3.63) is 27.7 Å². The van der Waals surface area contributed by atoms with Crippen LogP contribution in [-0.2, 0) is 0 Å². The van der Waals surface area contributed by atoms with Crippen LogP contribution in [0.3, 0.4) is 0 Å². The number of nitrogens with one attached hydrogen (secondary N) is 2. The van der Waals surface area contributed by atoms with Crippen molar-refractivity contribution in [2.24, 2.45) is 0 Å². The second-order valence-electron chi connectivity index (χ2n) is 4.54. The van der Waals surface area contributed by atoms with Crippen LogP contribution in [0.1, 0.15) is 23.5 Å². The highest BCUT2D eigenvalue weighted by atomic mass is 79.9. The number of benzene rings is 1. The molecule has 3 rings (SSSR count). The van der Waals surface area contributed by atoms with Crippen molar-refractivity contribution in [3.63, 3.8) is 0 Å². The summed E-state index contributed by atoms with van der Waals surface area (Å²) in [4.78, 5) is 0. The predicted molar refractivity (Wildman–Crippen MR) is 66.5 cm³/mol. The monoisotopic (exact) mass is 266 g/mol. The molecule has 1 saturated heterocycles. The highest BCUT2D eigenvalue weighted by molar-refractivity contribution is 9.10. The van der Waals surface area contributed by atoms with Crippen LogP contribution in [0.2, 0.25) is 0 Å². The molecular formula is C12H15BrN2. The highest BCUT2D eigenvalue weighted by Gasteiger charge is 2.34. The van der Waals surface area contributed by atoms with Crippen LogP contribution in [0.5, 0.6) is 0 Å². The zero-order valence-corrected chi connectivity index (χ0v) is 10.4. The summed E-state index contributed by atoms with van der Waals surface area (Å²) in [6.07, 6.45) is 1.23. The molecule has 0 amide bonds. The van der Waals surface area contributed by atoms with Crippen LogP contribution in [0.15, 0.2) is 16.6 Å². The van der Waals surface area contributed by atoms with Crippen LogP contribution in [-0.4, -0.2) is 19.1 Å². The van der Waals surface area contributed by atoms with E-state index < -0.39 is 0 Å². The molecule has 0 radical (unpaired) electrons. The predicted octanol–water partition coefficient (Wildman–Crippen LogP) is 2.63. The number of anilines is 1. The van der Waals surface area contributed by atoms with E-state index in [0.29, 0.717) is 12.0 Å². The molecule has 1 aromatic carbocycles. The molecule has 0 aromatic heterocycles. The van der Waals surface area contributed by atoms with Crippen LogP contribution in [0.4, 0.5) is 5.69 Å². The van der Waals surface area contributed by atoms with Crippen molar-refractivity contribution >= 4 is 21.6 Å². The van der Waals surface area contributed by atoms with Crippen molar-refractivity contribution < 1.29 is 0 Å². The average molecular weight is 267 g/mol. The Hall–Kier alpha value is -0.540. The summed E-state index contributed by atoms with van der Waals surface area (Å²) < 4.78 is 1.20. The molecule has 0 bridgehead atoms. The number of halogens is 1. The number of aryl methyl sites for hydroxylation is 1. The Morgan fingerprint density at radius 3 is 3.13 bits per heavy atom. The van der Waals surface area contributed by atoms with Gasteiger partial charge in [0.05, 0.1) is 0 Å². The van der Waals surface area contributed by atoms with E-state index in [4.69, 9.17) is 0 Å². The van der Waals surface area contributed by atoms with Gasteiger partial charge in [-0.1, -0.05) is 15.9 Å². The van der Waals surface area contributed by atoms with Gasteiger partial charge in [0, 0.05) is 28.7 Å². The summed E-state index contributed by atoms with van der Waals surface area (Å²) in [5, 5.41) is 7.15.